The molecule has 0 saturated heterocycles. The number of hydrogen-bond acceptors (Lipinski definition) is 3. The van der Waals surface area contributed by atoms with E-state index >= 15 is 0 Å². The molecule has 0 heterocycles. The van der Waals surface area contributed by atoms with E-state index in [0.717, 1.165) is 18.2 Å². The summed E-state index contributed by atoms with van der Waals surface area (Å²) >= 11 is 0. The summed E-state index contributed by atoms with van der Waals surface area (Å²) < 4.78 is 0. The van der Waals surface area contributed by atoms with Crippen molar-refractivity contribution < 1.29 is 29.7 Å². The highest BCUT2D eigenvalue weighted by atomic mass is 35.5. The molecular formula is C9H9Cl3O6. The van der Waals surface area contributed by atoms with Crippen LogP contribution in [0.3, 0.4) is 0 Å². The second-order valence-electron chi connectivity index (χ2n) is 2.71. The highest BCUT2D eigenvalue weighted by molar-refractivity contribution is 5.98. The van der Waals surface area contributed by atoms with Crippen LogP contribution < -0.4 is 0 Å². The molecule has 0 atom stereocenters. The molecule has 1 aromatic rings. The SMILES string of the molecule is Cl.Cl.Cl.O=C(O)c1cc(C(=O)O)cc(C(=O)O)c1. The maximum absolute atomic E-state index is 10.6. The maximum atomic E-state index is 10.6. The number of aromatic carboxylic acids is 3. The summed E-state index contributed by atoms with van der Waals surface area (Å²) in [7, 11) is 0. The van der Waals surface area contributed by atoms with E-state index in [1.165, 1.54) is 0 Å². The minimum Gasteiger partial charge on any atom is -0.478 e. The second kappa shape index (κ2) is 8.57. The lowest BCUT2D eigenvalue weighted by molar-refractivity contribution is 0.0696. The Bertz CT molecular complexity index is 381. The summed E-state index contributed by atoms with van der Waals surface area (Å²) in [4.78, 5) is 31.7. The van der Waals surface area contributed by atoms with Crippen LogP contribution in [-0.2, 0) is 0 Å². The van der Waals surface area contributed by atoms with E-state index in [2.05, 4.69) is 0 Å². The Hall–Kier alpha value is -1.50. The Labute approximate surface area is 120 Å². The van der Waals surface area contributed by atoms with Gasteiger partial charge in [0.25, 0.3) is 0 Å². The Kier molecular flexibility index (Phi) is 10.4. The molecule has 0 aliphatic rings. The summed E-state index contributed by atoms with van der Waals surface area (Å²) in [5, 5.41) is 25.8. The first kappa shape index (κ1) is 21.8. The molecule has 0 amide bonds. The van der Waals surface area contributed by atoms with Crippen LogP contribution in [0.4, 0.5) is 0 Å². The second-order valence-corrected chi connectivity index (χ2v) is 2.71. The van der Waals surface area contributed by atoms with Crippen LogP contribution >= 0.6 is 37.2 Å². The van der Waals surface area contributed by atoms with Crippen molar-refractivity contribution in [3.8, 4) is 0 Å². The third-order valence-electron chi connectivity index (χ3n) is 1.67. The molecule has 0 aromatic heterocycles. The van der Waals surface area contributed by atoms with Crippen molar-refractivity contribution in [2.45, 2.75) is 0 Å². The standard InChI is InChI=1S/C9H6O6.3ClH/c10-7(11)4-1-5(8(12)13)3-6(2-4)9(14)15;;;/h1-3H,(H,10,11)(H,12,13)(H,14,15);3*1H. The zero-order valence-electron chi connectivity index (χ0n) is 8.52. The molecule has 0 spiro atoms. The smallest absolute Gasteiger partial charge is 0.335 e. The molecule has 0 bridgehead atoms. The molecule has 6 nitrogen and oxygen atoms in total. The van der Waals surface area contributed by atoms with Crippen molar-refractivity contribution in [3.05, 3.63) is 34.9 Å². The molecule has 1 rings (SSSR count). The quantitative estimate of drug-likeness (QED) is 0.786. The fourth-order valence-electron chi connectivity index (χ4n) is 0.998. The van der Waals surface area contributed by atoms with Gasteiger partial charge in [0.1, 0.15) is 0 Å². The van der Waals surface area contributed by atoms with Crippen LogP contribution in [0.2, 0.25) is 0 Å². The van der Waals surface area contributed by atoms with Crippen molar-refractivity contribution in [2.75, 3.05) is 0 Å². The summed E-state index contributed by atoms with van der Waals surface area (Å²) in [6.45, 7) is 0. The van der Waals surface area contributed by atoms with Gasteiger partial charge in [-0.3, -0.25) is 0 Å². The van der Waals surface area contributed by atoms with Gasteiger partial charge in [0.2, 0.25) is 0 Å². The molecule has 0 fully saturated rings. The molecule has 9 heteroatoms. The normalized spacial score (nSPS) is 8.00. The van der Waals surface area contributed by atoms with Gasteiger partial charge in [0, 0.05) is 0 Å². The van der Waals surface area contributed by atoms with Gasteiger partial charge in [-0.2, -0.15) is 0 Å². The first-order valence-corrected chi connectivity index (χ1v) is 3.77. The molecular weight excluding hydrogens is 310 g/mol. The van der Waals surface area contributed by atoms with Crippen LogP contribution in [0.1, 0.15) is 31.1 Å². The highest BCUT2D eigenvalue weighted by Gasteiger charge is 2.14. The molecule has 0 aliphatic carbocycles. The molecule has 1 aromatic carbocycles. The molecule has 0 aliphatic heterocycles. The maximum Gasteiger partial charge on any atom is 0.335 e. The van der Waals surface area contributed by atoms with Crippen LogP contribution in [0.15, 0.2) is 18.2 Å². The zero-order valence-corrected chi connectivity index (χ0v) is 11.0. The Morgan fingerprint density at radius 3 is 0.889 bits per heavy atom. The number of benzene rings is 1. The first-order valence-electron chi connectivity index (χ1n) is 3.77. The summed E-state index contributed by atoms with van der Waals surface area (Å²) in [5.74, 6) is -4.12. The van der Waals surface area contributed by atoms with Crippen molar-refractivity contribution in [2.24, 2.45) is 0 Å². The van der Waals surface area contributed by atoms with Crippen molar-refractivity contribution in [3.63, 3.8) is 0 Å². The van der Waals surface area contributed by atoms with Crippen LogP contribution in [-0.4, -0.2) is 33.2 Å². The van der Waals surface area contributed by atoms with E-state index in [-0.39, 0.29) is 53.9 Å². The summed E-state index contributed by atoms with van der Waals surface area (Å²) in [5.41, 5.74) is -1.10. The monoisotopic (exact) mass is 318 g/mol. The number of rotatable bonds is 3. The lowest BCUT2D eigenvalue weighted by Crippen LogP contribution is -2.07. The van der Waals surface area contributed by atoms with Gasteiger partial charge in [0.05, 0.1) is 16.7 Å². The lowest BCUT2D eigenvalue weighted by Gasteiger charge is -2.00. The molecule has 18 heavy (non-hydrogen) atoms. The van der Waals surface area contributed by atoms with Crippen molar-refractivity contribution in [1.82, 2.24) is 0 Å². The largest absolute Gasteiger partial charge is 0.478 e. The van der Waals surface area contributed by atoms with Gasteiger partial charge >= 0.3 is 17.9 Å². The minimum absolute atomic E-state index is 0. The third-order valence-corrected chi connectivity index (χ3v) is 1.67. The van der Waals surface area contributed by atoms with E-state index in [0.29, 0.717) is 0 Å². The minimum atomic E-state index is -1.37. The zero-order chi connectivity index (χ0) is 11.6. The first-order chi connectivity index (χ1) is 6.91. The van der Waals surface area contributed by atoms with Crippen LogP contribution in [0, 0.1) is 0 Å². The average molecular weight is 320 g/mol. The van der Waals surface area contributed by atoms with E-state index in [9.17, 15) is 14.4 Å². The number of carbonyl (C=O) groups is 3. The lowest BCUT2D eigenvalue weighted by atomic mass is 10.1. The number of halogens is 3. The van der Waals surface area contributed by atoms with E-state index in [1.54, 1.807) is 0 Å². The molecule has 3 N–H and O–H groups in total. The van der Waals surface area contributed by atoms with Gasteiger partial charge in [-0.1, -0.05) is 0 Å². The van der Waals surface area contributed by atoms with Gasteiger partial charge < -0.3 is 15.3 Å². The van der Waals surface area contributed by atoms with Gasteiger partial charge in [0.15, 0.2) is 0 Å². The van der Waals surface area contributed by atoms with E-state index in [4.69, 9.17) is 15.3 Å². The van der Waals surface area contributed by atoms with Crippen LogP contribution in [0.5, 0.6) is 0 Å². The summed E-state index contributed by atoms with van der Waals surface area (Å²) in [6, 6.07) is 2.70. The average Bonchev–Trinajstić information content (AvgIpc) is 2.16. The fraction of sp³-hybridized carbons (Fsp3) is 0. The molecule has 0 radical (unpaired) electrons. The molecule has 102 valence electrons. The highest BCUT2D eigenvalue weighted by Crippen LogP contribution is 2.11. The van der Waals surface area contributed by atoms with Gasteiger partial charge in [-0.15, -0.1) is 37.2 Å². The van der Waals surface area contributed by atoms with Crippen molar-refractivity contribution >= 4 is 55.1 Å². The topological polar surface area (TPSA) is 112 Å². The number of hydrogen-bond donors (Lipinski definition) is 3. The summed E-state index contributed by atoms with van der Waals surface area (Å²) in [6.07, 6.45) is 0. The van der Waals surface area contributed by atoms with Gasteiger partial charge in [-0.25, -0.2) is 14.4 Å². The Morgan fingerprint density at radius 2 is 0.778 bits per heavy atom. The fourth-order valence-corrected chi connectivity index (χ4v) is 0.998. The predicted molar refractivity (Wildman–Crippen MR) is 69.1 cm³/mol. The number of carboxylic acid groups (broad SMARTS) is 3. The van der Waals surface area contributed by atoms with Crippen molar-refractivity contribution in [1.29, 1.82) is 0 Å². The molecule has 0 saturated carbocycles. The predicted octanol–water partition coefficient (Wildman–Crippen LogP) is 2.05. The molecule has 0 unspecified atom stereocenters. The van der Waals surface area contributed by atoms with E-state index < -0.39 is 17.9 Å². The Morgan fingerprint density at radius 1 is 0.611 bits per heavy atom. The van der Waals surface area contributed by atoms with Gasteiger partial charge in [-0.05, 0) is 18.2 Å². The Balaban J connectivity index is -0.000000750. The third kappa shape index (κ3) is 5.22. The number of carboxylic acids is 3. The van der Waals surface area contributed by atoms with E-state index in [1.807, 2.05) is 0 Å². The van der Waals surface area contributed by atoms with Crippen LogP contribution in [0.25, 0.3) is 0 Å².